The third-order valence-corrected chi connectivity index (χ3v) is 2.40. The van der Waals surface area contributed by atoms with E-state index in [4.69, 9.17) is 16.3 Å². The Morgan fingerprint density at radius 3 is 2.94 bits per heavy atom. The lowest BCUT2D eigenvalue weighted by Crippen LogP contribution is -2.08. The lowest BCUT2D eigenvalue weighted by atomic mass is 10.2. The van der Waals surface area contributed by atoms with Crippen LogP contribution in [0.15, 0.2) is 29.3 Å². The smallest absolute Gasteiger partial charge is 0.124 e. The normalized spacial score (nSPS) is 11.6. The molecule has 1 rings (SSSR count). The molecule has 0 aromatic heterocycles. The van der Waals surface area contributed by atoms with Crippen molar-refractivity contribution in [2.24, 2.45) is 0 Å². The van der Waals surface area contributed by atoms with Crippen LogP contribution in [0.5, 0.6) is 5.75 Å². The molecule has 0 saturated heterocycles. The fourth-order valence-corrected chi connectivity index (χ4v) is 1.30. The van der Waals surface area contributed by atoms with Crippen LogP contribution in [0.25, 0.3) is 0 Å². The number of rotatable bonds is 5. The SMILES string of the molecule is CNCc1cc(F)ccc1OC/C(C)=C/Cl. The molecule has 16 heavy (non-hydrogen) atoms. The van der Waals surface area contributed by atoms with Crippen LogP contribution >= 0.6 is 11.6 Å². The minimum absolute atomic E-state index is 0.262. The van der Waals surface area contributed by atoms with E-state index >= 15 is 0 Å². The molecule has 0 saturated carbocycles. The average molecular weight is 244 g/mol. The molecule has 0 aliphatic heterocycles. The van der Waals surface area contributed by atoms with Crippen LogP contribution in [-0.4, -0.2) is 13.7 Å². The van der Waals surface area contributed by atoms with Crippen LogP contribution in [0.4, 0.5) is 4.39 Å². The molecule has 0 unspecified atom stereocenters. The second-order valence-electron chi connectivity index (χ2n) is 3.53. The first-order valence-corrected chi connectivity index (χ1v) is 5.42. The van der Waals surface area contributed by atoms with Gasteiger partial charge in [0.1, 0.15) is 18.2 Å². The monoisotopic (exact) mass is 243 g/mol. The third-order valence-electron chi connectivity index (χ3n) is 2.03. The van der Waals surface area contributed by atoms with Gasteiger partial charge in [0, 0.05) is 17.6 Å². The van der Waals surface area contributed by atoms with E-state index in [0.717, 1.165) is 11.1 Å². The standard InChI is InChI=1S/C12H15ClFNO/c1-9(6-13)8-16-12-4-3-11(14)5-10(12)7-15-2/h3-6,15H,7-8H2,1-2H3/b9-6+. The van der Waals surface area contributed by atoms with E-state index in [-0.39, 0.29) is 5.82 Å². The zero-order valence-corrected chi connectivity index (χ0v) is 10.1. The van der Waals surface area contributed by atoms with Crippen LogP contribution in [0.3, 0.4) is 0 Å². The second kappa shape index (κ2) is 6.51. The van der Waals surface area contributed by atoms with E-state index in [9.17, 15) is 4.39 Å². The minimum Gasteiger partial charge on any atom is -0.489 e. The molecule has 4 heteroatoms. The maximum Gasteiger partial charge on any atom is 0.124 e. The van der Waals surface area contributed by atoms with Gasteiger partial charge in [0.05, 0.1) is 0 Å². The number of hydrogen-bond donors (Lipinski definition) is 1. The van der Waals surface area contributed by atoms with Crippen molar-refractivity contribution in [3.05, 3.63) is 40.7 Å². The number of halogens is 2. The Labute approximate surface area is 100 Å². The van der Waals surface area contributed by atoms with Crippen LogP contribution in [0, 0.1) is 5.82 Å². The van der Waals surface area contributed by atoms with Gasteiger partial charge in [0.2, 0.25) is 0 Å². The molecule has 0 radical (unpaired) electrons. The van der Waals surface area contributed by atoms with Crippen LogP contribution < -0.4 is 10.1 Å². The lowest BCUT2D eigenvalue weighted by Gasteiger charge is -2.11. The van der Waals surface area contributed by atoms with Gasteiger partial charge in [-0.05, 0) is 37.7 Å². The molecule has 0 spiro atoms. The number of benzene rings is 1. The first kappa shape index (κ1) is 13.0. The topological polar surface area (TPSA) is 21.3 Å². The van der Waals surface area contributed by atoms with E-state index < -0.39 is 0 Å². The van der Waals surface area contributed by atoms with Crippen molar-refractivity contribution >= 4 is 11.6 Å². The highest BCUT2D eigenvalue weighted by Crippen LogP contribution is 2.20. The molecule has 2 nitrogen and oxygen atoms in total. The molecule has 0 atom stereocenters. The number of ether oxygens (including phenoxy) is 1. The molecule has 0 amide bonds. The van der Waals surface area contributed by atoms with E-state index in [1.54, 1.807) is 13.1 Å². The van der Waals surface area contributed by atoms with Gasteiger partial charge in [0.15, 0.2) is 0 Å². The van der Waals surface area contributed by atoms with Crippen molar-refractivity contribution in [3.63, 3.8) is 0 Å². The zero-order valence-electron chi connectivity index (χ0n) is 9.39. The Morgan fingerprint density at radius 1 is 1.56 bits per heavy atom. The molecular formula is C12H15ClFNO. The van der Waals surface area contributed by atoms with E-state index in [0.29, 0.717) is 18.9 Å². The second-order valence-corrected chi connectivity index (χ2v) is 3.74. The Morgan fingerprint density at radius 2 is 2.31 bits per heavy atom. The highest BCUT2D eigenvalue weighted by Gasteiger charge is 2.04. The summed E-state index contributed by atoms with van der Waals surface area (Å²) in [7, 11) is 1.80. The van der Waals surface area contributed by atoms with Crippen molar-refractivity contribution < 1.29 is 9.13 Å². The number of hydrogen-bond acceptors (Lipinski definition) is 2. The molecule has 88 valence electrons. The summed E-state index contributed by atoms with van der Waals surface area (Å²) in [5, 5.41) is 2.97. The van der Waals surface area contributed by atoms with Crippen molar-refractivity contribution in [1.82, 2.24) is 5.32 Å². The summed E-state index contributed by atoms with van der Waals surface area (Å²) in [6.07, 6.45) is 0. The largest absolute Gasteiger partial charge is 0.489 e. The summed E-state index contributed by atoms with van der Waals surface area (Å²) in [6.45, 7) is 2.84. The van der Waals surface area contributed by atoms with Gasteiger partial charge < -0.3 is 10.1 Å². The third kappa shape index (κ3) is 3.83. The quantitative estimate of drug-likeness (QED) is 0.858. The summed E-state index contributed by atoms with van der Waals surface area (Å²) >= 11 is 5.53. The summed E-state index contributed by atoms with van der Waals surface area (Å²) in [5.74, 6) is 0.413. The van der Waals surface area contributed by atoms with Crippen LogP contribution in [0.1, 0.15) is 12.5 Å². The summed E-state index contributed by atoms with van der Waals surface area (Å²) in [6, 6.07) is 4.48. The first-order valence-electron chi connectivity index (χ1n) is 4.99. The van der Waals surface area contributed by atoms with Gasteiger partial charge in [-0.25, -0.2) is 4.39 Å². The Hall–Kier alpha value is -1.06. The van der Waals surface area contributed by atoms with Gasteiger partial charge in [-0.15, -0.1) is 0 Å². The minimum atomic E-state index is -0.262. The molecule has 1 aromatic rings. The lowest BCUT2D eigenvalue weighted by molar-refractivity contribution is 0.347. The predicted octanol–water partition coefficient (Wildman–Crippen LogP) is 3.07. The van der Waals surface area contributed by atoms with E-state index in [1.165, 1.54) is 17.7 Å². The van der Waals surface area contributed by atoms with Gasteiger partial charge >= 0.3 is 0 Å². The van der Waals surface area contributed by atoms with E-state index in [1.807, 2.05) is 6.92 Å². The maximum atomic E-state index is 13.0. The maximum absolute atomic E-state index is 13.0. The predicted molar refractivity (Wildman–Crippen MR) is 64.3 cm³/mol. The highest BCUT2D eigenvalue weighted by molar-refractivity contribution is 6.25. The van der Waals surface area contributed by atoms with Crippen LogP contribution in [-0.2, 0) is 6.54 Å². The molecular weight excluding hydrogens is 229 g/mol. The molecule has 0 heterocycles. The molecule has 0 fully saturated rings. The Balaban J connectivity index is 2.77. The average Bonchev–Trinajstić information content (AvgIpc) is 2.28. The number of nitrogens with one attached hydrogen (secondary N) is 1. The van der Waals surface area contributed by atoms with Gasteiger partial charge in [-0.2, -0.15) is 0 Å². The summed E-state index contributed by atoms with van der Waals surface area (Å²) < 4.78 is 18.6. The fraction of sp³-hybridized carbons (Fsp3) is 0.333. The molecule has 0 aliphatic carbocycles. The first-order chi connectivity index (χ1) is 7.67. The van der Waals surface area contributed by atoms with Crippen molar-refractivity contribution in [1.29, 1.82) is 0 Å². The molecule has 1 aromatic carbocycles. The Kier molecular flexibility index (Phi) is 5.29. The fourth-order valence-electron chi connectivity index (χ4n) is 1.24. The van der Waals surface area contributed by atoms with Gasteiger partial charge in [-0.1, -0.05) is 11.6 Å². The summed E-state index contributed by atoms with van der Waals surface area (Å²) in [4.78, 5) is 0. The van der Waals surface area contributed by atoms with Crippen molar-refractivity contribution in [2.75, 3.05) is 13.7 Å². The molecule has 1 N–H and O–H groups in total. The summed E-state index contributed by atoms with van der Waals surface area (Å²) in [5.41, 5.74) is 3.19. The van der Waals surface area contributed by atoms with Crippen molar-refractivity contribution in [2.45, 2.75) is 13.5 Å². The molecule has 0 bridgehead atoms. The van der Waals surface area contributed by atoms with E-state index in [2.05, 4.69) is 5.32 Å². The van der Waals surface area contributed by atoms with Crippen LogP contribution in [0.2, 0.25) is 0 Å². The van der Waals surface area contributed by atoms with Gasteiger partial charge in [-0.3, -0.25) is 0 Å². The molecule has 0 aliphatic rings. The highest BCUT2D eigenvalue weighted by atomic mass is 35.5. The zero-order chi connectivity index (χ0) is 12.0. The van der Waals surface area contributed by atoms with Gasteiger partial charge in [0.25, 0.3) is 0 Å². The van der Waals surface area contributed by atoms with Crippen molar-refractivity contribution in [3.8, 4) is 5.75 Å². The Bertz CT molecular complexity index is 379.